The molecule has 4 aromatic heterocycles. The van der Waals surface area contributed by atoms with Crippen molar-refractivity contribution < 1.29 is 4.39 Å². The Balaban J connectivity index is 1.77. The first kappa shape index (κ1) is 20.3. The molecule has 0 amide bonds. The van der Waals surface area contributed by atoms with Gasteiger partial charge < -0.3 is 5.73 Å². The summed E-state index contributed by atoms with van der Waals surface area (Å²) in [6.45, 7) is 2.64. The number of rotatable bonds is 5. The zero-order chi connectivity index (χ0) is 22.9. The van der Waals surface area contributed by atoms with Gasteiger partial charge in [0.2, 0.25) is 0 Å². The Kier molecular flexibility index (Phi) is 4.99. The van der Waals surface area contributed by atoms with Crippen LogP contribution in [-0.2, 0) is 13.1 Å². The Hall–Kier alpha value is -4.65. The van der Waals surface area contributed by atoms with Crippen molar-refractivity contribution in [3.05, 3.63) is 71.9 Å². The number of aromatic nitrogens is 7. The molecule has 0 aliphatic heterocycles. The van der Waals surface area contributed by atoms with Crippen LogP contribution in [0.1, 0.15) is 18.2 Å². The highest BCUT2D eigenvalue weighted by atomic mass is 19.1. The number of hydrogen-bond acceptors (Lipinski definition) is 7. The summed E-state index contributed by atoms with van der Waals surface area (Å²) in [5.74, 6) is -0.260. The van der Waals surface area contributed by atoms with E-state index < -0.39 is 5.82 Å². The molecule has 5 rings (SSSR count). The number of nitriles is 1. The lowest BCUT2D eigenvalue weighted by Crippen LogP contribution is -2.07. The van der Waals surface area contributed by atoms with Crippen LogP contribution in [0.4, 0.5) is 10.2 Å². The molecule has 0 aliphatic carbocycles. The third kappa shape index (κ3) is 3.55. The van der Waals surface area contributed by atoms with Gasteiger partial charge in [-0.2, -0.15) is 20.3 Å². The van der Waals surface area contributed by atoms with Gasteiger partial charge in [-0.1, -0.05) is 12.1 Å². The molecule has 0 saturated heterocycles. The van der Waals surface area contributed by atoms with Crippen molar-refractivity contribution >= 4 is 16.9 Å². The Morgan fingerprint density at radius 3 is 2.73 bits per heavy atom. The van der Waals surface area contributed by atoms with Crippen molar-refractivity contribution in [3.8, 4) is 28.6 Å². The largest absolute Gasteiger partial charge is 0.382 e. The summed E-state index contributed by atoms with van der Waals surface area (Å²) in [5.41, 5.74) is 10.6. The molecule has 10 heteroatoms. The third-order valence-electron chi connectivity index (χ3n) is 5.27. The minimum atomic E-state index is -0.441. The number of fused-ring (bicyclic) bond motifs is 1. The average molecular weight is 439 g/mol. The van der Waals surface area contributed by atoms with E-state index in [0.29, 0.717) is 40.0 Å². The second kappa shape index (κ2) is 8.12. The van der Waals surface area contributed by atoms with E-state index in [2.05, 4.69) is 31.3 Å². The zero-order valence-corrected chi connectivity index (χ0v) is 17.6. The predicted molar refractivity (Wildman–Crippen MR) is 120 cm³/mol. The third-order valence-corrected chi connectivity index (χ3v) is 5.27. The van der Waals surface area contributed by atoms with Gasteiger partial charge in [0.05, 0.1) is 34.3 Å². The summed E-state index contributed by atoms with van der Waals surface area (Å²) in [6.07, 6.45) is 3.22. The summed E-state index contributed by atoms with van der Waals surface area (Å²) in [4.78, 5) is 10.1. The maximum Gasteiger partial charge on any atom is 0.156 e. The number of benzene rings is 1. The highest BCUT2D eigenvalue weighted by molar-refractivity contribution is 6.02. The number of aryl methyl sites for hydroxylation is 1. The summed E-state index contributed by atoms with van der Waals surface area (Å²) < 4.78 is 16.0. The molecule has 0 fully saturated rings. The van der Waals surface area contributed by atoms with E-state index in [4.69, 9.17) is 5.73 Å². The number of halogens is 1. The second-order valence-corrected chi connectivity index (χ2v) is 7.31. The van der Waals surface area contributed by atoms with Crippen LogP contribution in [0.2, 0.25) is 0 Å². The molecule has 2 N–H and O–H groups in total. The lowest BCUT2D eigenvalue weighted by molar-refractivity contribution is 0.540. The molecule has 0 aliphatic rings. The monoisotopic (exact) mass is 439 g/mol. The molecule has 0 spiro atoms. The van der Waals surface area contributed by atoms with Gasteiger partial charge in [0, 0.05) is 24.5 Å². The number of nitrogens with two attached hydrogens (primary N) is 1. The van der Waals surface area contributed by atoms with Gasteiger partial charge >= 0.3 is 0 Å². The average Bonchev–Trinajstić information content (AvgIpc) is 3.48. The van der Waals surface area contributed by atoms with Crippen molar-refractivity contribution in [1.82, 2.24) is 34.7 Å². The van der Waals surface area contributed by atoms with Gasteiger partial charge in [-0.05, 0) is 37.3 Å². The Morgan fingerprint density at radius 1 is 1.09 bits per heavy atom. The fourth-order valence-corrected chi connectivity index (χ4v) is 3.75. The van der Waals surface area contributed by atoms with Crippen LogP contribution in [0.3, 0.4) is 0 Å². The molecular weight excluding hydrogens is 421 g/mol. The highest BCUT2D eigenvalue weighted by Gasteiger charge is 2.23. The van der Waals surface area contributed by atoms with E-state index in [9.17, 15) is 9.65 Å². The molecule has 33 heavy (non-hydrogen) atoms. The van der Waals surface area contributed by atoms with E-state index in [0.717, 1.165) is 5.69 Å². The van der Waals surface area contributed by atoms with E-state index in [1.165, 1.54) is 23.1 Å². The van der Waals surface area contributed by atoms with Crippen molar-refractivity contribution in [3.63, 3.8) is 0 Å². The topological polar surface area (TPSA) is 124 Å². The first-order valence-electron chi connectivity index (χ1n) is 10.3. The summed E-state index contributed by atoms with van der Waals surface area (Å²) in [6, 6.07) is 14.0. The summed E-state index contributed by atoms with van der Waals surface area (Å²) in [5, 5.41) is 22.9. The first-order valence-corrected chi connectivity index (χ1v) is 10.3. The molecule has 0 atom stereocenters. The number of pyridine rings is 2. The molecule has 0 bridgehead atoms. The normalized spacial score (nSPS) is 11.1. The Morgan fingerprint density at radius 2 is 1.94 bits per heavy atom. The van der Waals surface area contributed by atoms with Gasteiger partial charge in [0.1, 0.15) is 17.9 Å². The Labute approximate surface area is 187 Å². The number of nitrogen functional groups attached to an aromatic ring is 1. The minimum Gasteiger partial charge on any atom is -0.382 e. The highest BCUT2D eigenvalue weighted by Crippen LogP contribution is 2.37. The van der Waals surface area contributed by atoms with Crippen LogP contribution in [0.5, 0.6) is 0 Å². The van der Waals surface area contributed by atoms with E-state index in [-0.39, 0.29) is 18.1 Å². The maximum atomic E-state index is 14.2. The van der Waals surface area contributed by atoms with E-state index >= 15 is 0 Å². The molecule has 5 aromatic rings. The number of nitrogens with zero attached hydrogens (tertiary/aromatic N) is 8. The molecular formula is C23H18FN9. The quantitative estimate of drug-likeness (QED) is 0.445. The molecule has 4 heterocycles. The van der Waals surface area contributed by atoms with Gasteiger partial charge in [-0.3, -0.25) is 9.67 Å². The van der Waals surface area contributed by atoms with Crippen LogP contribution in [0, 0.1) is 17.1 Å². The second-order valence-electron chi connectivity index (χ2n) is 7.31. The molecule has 0 saturated carbocycles. The predicted octanol–water partition coefficient (Wildman–Crippen LogP) is 3.41. The van der Waals surface area contributed by atoms with Gasteiger partial charge in [0.15, 0.2) is 11.3 Å². The van der Waals surface area contributed by atoms with E-state index in [1.54, 1.807) is 24.4 Å². The van der Waals surface area contributed by atoms with Crippen LogP contribution < -0.4 is 5.73 Å². The van der Waals surface area contributed by atoms with Crippen LogP contribution >= 0.6 is 0 Å². The van der Waals surface area contributed by atoms with Crippen LogP contribution in [-0.4, -0.2) is 34.7 Å². The van der Waals surface area contributed by atoms with Gasteiger partial charge in [-0.15, -0.1) is 5.10 Å². The maximum absolute atomic E-state index is 14.2. The van der Waals surface area contributed by atoms with Crippen molar-refractivity contribution in [2.45, 2.75) is 20.0 Å². The zero-order valence-electron chi connectivity index (χ0n) is 17.6. The lowest BCUT2D eigenvalue weighted by atomic mass is 10.00. The van der Waals surface area contributed by atoms with Crippen LogP contribution in [0.15, 0.2) is 54.9 Å². The molecule has 0 radical (unpaired) electrons. The van der Waals surface area contributed by atoms with Crippen molar-refractivity contribution in [1.29, 1.82) is 5.26 Å². The summed E-state index contributed by atoms with van der Waals surface area (Å²) in [7, 11) is 0. The Bertz CT molecular complexity index is 1530. The SMILES string of the molecule is CCn1nccc1-c1c(-c2cccc(C#N)c2)nc(N)c2nn(Cc3ncccc3F)nc12. The molecule has 0 unspecified atom stereocenters. The molecule has 162 valence electrons. The van der Waals surface area contributed by atoms with Crippen LogP contribution in [0.25, 0.3) is 33.5 Å². The minimum absolute atomic E-state index is 0.0342. The van der Waals surface area contributed by atoms with Crippen molar-refractivity contribution in [2.24, 2.45) is 0 Å². The first-order chi connectivity index (χ1) is 16.1. The summed E-state index contributed by atoms with van der Waals surface area (Å²) >= 11 is 0. The number of anilines is 1. The molecule has 9 nitrogen and oxygen atoms in total. The van der Waals surface area contributed by atoms with Gasteiger partial charge in [-0.25, -0.2) is 9.37 Å². The smallest absolute Gasteiger partial charge is 0.156 e. The number of hydrogen-bond donors (Lipinski definition) is 1. The fourth-order valence-electron chi connectivity index (χ4n) is 3.75. The standard InChI is InChI=1S/C23H18FN9/c1-2-32-18(8-10-28-32)19-20(15-6-3-5-14(11-15)12-25)29-23(26)22-21(19)30-33(31-22)13-17-16(24)7-4-9-27-17/h3-11H,2,13H2,1H3,(H2,26,29). The van der Waals surface area contributed by atoms with E-state index in [1.807, 2.05) is 23.7 Å². The molecule has 1 aromatic carbocycles. The van der Waals surface area contributed by atoms with Gasteiger partial charge in [0.25, 0.3) is 0 Å². The fraction of sp³-hybridized carbons (Fsp3) is 0.130. The lowest BCUT2D eigenvalue weighted by Gasteiger charge is -2.12. The van der Waals surface area contributed by atoms with Crippen molar-refractivity contribution in [2.75, 3.05) is 5.73 Å².